The fourth-order valence-electron chi connectivity index (χ4n) is 2.87. The van der Waals surface area contributed by atoms with Gasteiger partial charge in [-0.15, -0.1) is 0 Å². The molecule has 0 aromatic heterocycles. The second-order valence-electron chi connectivity index (χ2n) is 6.20. The Morgan fingerprint density at radius 3 is 2.53 bits per heavy atom. The van der Waals surface area contributed by atoms with E-state index in [0.29, 0.717) is 11.0 Å². The lowest BCUT2D eigenvalue weighted by Crippen LogP contribution is -2.34. The predicted octanol–water partition coefficient (Wildman–Crippen LogP) is 3.09. The molecule has 2 aliphatic rings. The summed E-state index contributed by atoms with van der Waals surface area (Å²) in [6, 6.07) is 0. The van der Waals surface area contributed by atoms with Gasteiger partial charge in [0.2, 0.25) is 0 Å². The van der Waals surface area contributed by atoms with Gasteiger partial charge in [0.05, 0.1) is 0 Å². The first-order valence-corrected chi connectivity index (χ1v) is 7.51. The van der Waals surface area contributed by atoms with E-state index >= 15 is 0 Å². The van der Waals surface area contributed by atoms with Crippen LogP contribution in [0.2, 0.25) is 0 Å². The van der Waals surface area contributed by atoms with Crippen molar-refractivity contribution in [3.05, 3.63) is 11.3 Å². The van der Waals surface area contributed by atoms with E-state index in [1.165, 1.54) is 24.3 Å². The molecule has 1 atom stereocenters. The summed E-state index contributed by atoms with van der Waals surface area (Å²) in [5.41, 5.74) is 2.55. The third kappa shape index (κ3) is 2.70. The number of nitrogens with zero attached hydrogens (tertiary/aromatic N) is 1. The van der Waals surface area contributed by atoms with Crippen LogP contribution >= 0.6 is 11.8 Å². The van der Waals surface area contributed by atoms with Crippen LogP contribution in [0.1, 0.15) is 39.5 Å². The normalized spacial score (nSPS) is 28.7. The molecule has 0 aromatic carbocycles. The SMILES string of the molecule is CN(C)C1=C(C2CCCS2)C(=O)CC(C)(C)C1. The molecule has 0 saturated carbocycles. The first-order chi connectivity index (χ1) is 7.91. The molecule has 0 radical (unpaired) electrons. The van der Waals surface area contributed by atoms with Gasteiger partial charge in [-0.05, 0) is 30.4 Å². The third-order valence-electron chi connectivity index (χ3n) is 3.69. The predicted molar refractivity (Wildman–Crippen MR) is 74.2 cm³/mol. The van der Waals surface area contributed by atoms with Crippen molar-refractivity contribution < 1.29 is 4.79 Å². The minimum absolute atomic E-state index is 0.128. The Labute approximate surface area is 109 Å². The molecule has 0 aromatic rings. The standard InChI is InChI=1S/C14H23NOS/c1-14(2)8-10(15(3)4)13(11(16)9-14)12-6-5-7-17-12/h12H,5-9H2,1-4H3. The fourth-order valence-corrected chi connectivity index (χ4v) is 4.26. The summed E-state index contributed by atoms with van der Waals surface area (Å²) in [5.74, 6) is 1.61. The van der Waals surface area contributed by atoms with Crippen molar-refractivity contribution in [1.82, 2.24) is 4.90 Å². The molecule has 2 nitrogen and oxygen atoms in total. The maximum atomic E-state index is 12.4. The molecule has 0 N–H and O–H groups in total. The Balaban J connectivity index is 2.37. The molecule has 1 saturated heterocycles. The van der Waals surface area contributed by atoms with Crippen molar-refractivity contribution in [1.29, 1.82) is 0 Å². The van der Waals surface area contributed by atoms with Crippen LogP contribution in [-0.4, -0.2) is 35.8 Å². The van der Waals surface area contributed by atoms with Crippen molar-refractivity contribution >= 4 is 17.5 Å². The first kappa shape index (κ1) is 13.0. The lowest BCUT2D eigenvalue weighted by Gasteiger charge is -2.36. The second-order valence-corrected chi connectivity index (χ2v) is 7.51. The number of carbonyl (C=O) groups is 1. The van der Waals surface area contributed by atoms with Crippen molar-refractivity contribution in [2.45, 2.75) is 44.8 Å². The van der Waals surface area contributed by atoms with Gasteiger partial charge in [0.15, 0.2) is 5.78 Å². The lowest BCUT2D eigenvalue weighted by molar-refractivity contribution is -0.118. The number of hydrogen-bond acceptors (Lipinski definition) is 3. The Morgan fingerprint density at radius 1 is 1.29 bits per heavy atom. The van der Waals surface area contributed by atoms with E-state index in [1.807, 2.05) is 11.8 Å². The number of thioether (sulfide) groups is 1. The highest BCUT2D eigenvalue weighted by atomic mass is 32.2. The summed E-state index contributed by atoms with van der Waals surface area (Å²) in [5, 5.41) is 0.469. The van der Waals surface area contributed by atoms with E-state index in [-0.39, 0.29) is 5.41 Å². The Hall–Kier alpha value is -0.440. The van der Waals surface area contributed by atoms with Crippen LogP contribution in [0.25, 0.3) is 0 Å². The number of rotatable bonds is 2. The number of hydrogen-bond donors (Lipinski definition) is 0. The number of Topliss-reactive ketones (excluding diaryl/α,β-unsaturated/α-hetero) is 1. The van der Waals surface area contributed by atoms with Gasteiger partial charge in [-0.1, -0.05) is 13.8 Å². The van der Waals surface area contributed by atoms with Crippen LogP contribution < -0.4 is 0 Å². The molecule has 1 heterocycles. The van der Waals surface area contributed by atoms with Crippen molar-refractivity contribution in [3.63, 3.8) is 0 Å². The highest BCUT2D eigenvalue weighted by Crippen LogP contribution is 2.43. The minimum atomic E-state index is 0.128. The molecule has 1 aliphatic carbocycles. The van der Waals surface area contributed by atoms with E-state index in [1.54, 1.807) is 0 Å². The van der Waals surface area contributed by atoms with Crippen molar-refractivity contribution in [2.24, 2.45) is 5.41 Å². The Morgan fingerprint density at radius 2 is 2.00 bits per heavy atom. The summed E-state index contributed by atoms with van der Waals surface area (Å²) in [6.07, 6.45) is 4.20. The molecule has 1 aliphatic heterocycles. The van der Waals surface area contributed by atoms with Crippen LogP contribution in [0.5, 0.6) is 0 Å². The molecule has 17 heavy (non-hydrogen) atoms. The van der Waals surface area contributed by atoms with Gasteiger partial charge < -0.3 is 4.90 Å². The average Bonchev–Trinajstić information content (AvgIpc) is 2.67. The maximum Gasteiger partial charge on any atom is 0.162 e. The smallest absolute Gasteiger partial charge is 0.162 e. The highest BCUT2D eigenvalue weighted by molar-refractivity contribution is 8.00. The third-order valence-corrected chi connectivity index (χ3v) is 5.09. The fraction of sp³-hybridized carbons (Fsp3) is 0.786. The Bertz CT molecular complexity index is 351. The molecular formula is C14H23NOS. The van der Waals surface area contributed by atoms with Gasteiger partial charge in [0.1, 0.15) is 0 Å². The van der Waals surface area contributed by atoms with Crippen LogP contribution in [0, 0.1) is 5.41 Å². The van der Waals surface area contributed by atoms with E-state index in [2.05, 4.69) is 32.8 Å². The minimum Gasteiger partial charge on any atom is -0.381 e. The van der Waals surface area contributed by atoms with Gasteiger partial charge >= 0.3 is 0 Å². The van der Waals surface area contributed by atoms with Crippen LogP contribution in [0.3, 0.4) is 0 Å². The van der Waals surface area contributed by atoms with Gasteiger partial charge in [-0.25, -0.2) is 0 Å². The molecule has 2 rings (SSSR count). The molecule has 1 fully saturated rings. The van der Waals surface area contributed by atoms with E-state index < -0.39 is 0 Å². The molecule has 3 heteroatoms. The lowest BCUT2D eigenvalue weighted by atomic mass is 9.74. The molecule has 0 spiro atoms. The summed E-state index contributed by atoms with van der Waals surface area (Å²) in [7, 11) is 4.15. The molecule has 1 unspecified atom stereocenters. The quantitative estimate of drug-likeness (QED) is 0.754. The number of ketones is 1. The van der Waals surface area contributed by atoms with Crippen molar-refractivity contribution in [3.8, 4) is 0 Å². The average molecular weight is 253 g/mol. The van der Waals surface area contributed by atoms with Gasteiger partial charge in [-0.3, -0.25) is 4.79 Å². The monoisotopic (exact) mass is 253 g/mol. The van der Waals surface area contributed by atoms with Gasteiger partial charge in [0, 0.05) is 37.0 Å². The summed E-state index contributed by atoms with van der Waals surface area (Å²) in [6.45, 7) is 4.40. The van der Waals surface area contributed by atoms with Gasteiger partial charge in [0.25, 0.3) is 0 Å². The molecular weight excluding hydrogens is 230 g/mol. The highest BCUT2D eigenvalue weighted by Gasteiger charge is 2.37. The van der Waals surface area contributed by atoms with Crippen molar-refractivity contribution in [2.75, 3.05) is 19.8 Å². The summed E-state index contributed by atoms with van der Waals surface area (Å²) < 4.78 is 0. The summed E-state index contributed by atoms with van der Waals surface area (Å²) >= 11 is 1.97. The van der Waals surface area contributed by atoms with E-state index in [0.717, 1.165) is 18.4 Å². The topological polar surface area (TPSA) is 20.3 Å². The first-order valence-electron chi connectivity index (χ1n) is 6.46. The summed E-state index contributed by atoms with van der Waals surface area (Å²) in [4.78, 5) is 14.6. The molecule has 0 bridgehead atoms. The van der Waals surface area contributed by atoms with Crippen LogP contribution in [0.15, 0.2) is 11.3 Å². The Kier molecular flexibility index (Phi) is 3.58. The number of allylic oxidation sites excluding steroid dienone is 1. The number of carbonyl (C=O) groups excluding carboxylic acids is 1. The van der Waals surface area contributed by atoms with Gasteiger partial charge in [-0.2, -0.15) is 11.8 Å². The zero-order valence-corrected chi connectivity index (χ0v) is 12.2. The maximum absolute atomic E-state index is 12.4. The van der Waals surface area contributed by atoms with Crippen LogP contribution in [0.4, 0.5) is 0 Å². The second kappa shape index (κ2) is 4.68. The van der Waals surface area contributed by atoms with E-state index in [9.17, 15) is 4.79 Å². The van der Waals surface area contributed by atoms with Crippen LogP contribution in [-0.2, 0) is 4.79 Å². The zero-order valence-electron chi connectivity index (χ0n) is 11.4. The molecule has 96 valence electrons. The van der Waals surface area contributed by atoms with E-state index in [4.69, 9.17) is 0 Å². The zero-order chi connectivity index (χ0) is 12.6. The molecule has 0 amide bonds. The largest absolute Gasteiger partial charge is 0.381 e.